The van der Waals surface area contributed by atoms with Crippen molar-refractivity contribution in [3.05, 3.63) is 0 Å². The van der Waals surface area contributed by atoms with Crippen molar-refractivity contribution >= 4 is 12.0 Å². The first-order valence-corrected chi connectivity index (χ1v) is 10.3. The van der Waals surface area contributed by atoms with Gasteiger partial charge in [-0.3, -0.25) is 4.79 Å². The summed E-state index contributed by atoms with van der Waals surface area (Å²) in [6, 6.07) is 0.979. The van der Waals surface area contributed by atoms with Crippen LogP contribution < -0.4 is 10.6 Å². The van der Waals surface area contributed by atoms with E-state index < -0.39 is 0 Å². The van der Waals surface area contributed by atoms with E-state index >= 15 is 0 Å². The summed E-state index contributed by atoms with van der Waals surface area (Å²) in [6.07, 6.45) is 4.60. The SMILES string of the molecule is CCOC(=O)NC1CCC(C)C(C2CC3CNC(C)CC3N(C)C2=O)C1. The van der Waals surface area contributed by atoms with Gasteiger partial charge in [-0.25, -0.2) is 4.79 Å². The fourth-order valence-corrected chi connectivity index (χ4v) is 5.44. The number of likely N-dealkylation sites (tertiary alicyclic amines) is 1. The van der Waals surface area contributed by atoms with Gasteiger partial charge in [0.2, 0.25) is 5.91 Å². The molecule has 1 aliphatic carbocycles. The maximum Gasteiger partial charge on any atom is 0.407 e. The number of fused-ring (bicyclic) bond motifs is 1. The van der Waals surface area contributed by atoms with E-state index in [1.165, 1.54) is 0 Å². The second-order valence-corrected chi connectivity index (χ2v) is 8.68. The van der Waals surface area contributed by atoms with E-state index in [4.69, 9.17) is 4.74 Å². The zero-order chi connectivity index (χ0) is 18.8. The van der Waals surface area contributed by atoms with Crippen LogP contribution in [0.15, 0.2) is 0 Å². The number of carbonyl (C=O) groups excluding carboxylic acids is 2. The molecule has 7 atom stereocenters. The Labute approximate surface area is 157 Å². The number of amides is 2. The summed E-state index contributed by atoms with van der Waals surface area (Å²) in [7, 11) is 1.99. The largest absolute Gasteiger partial charge is 0.450 e. The maximum atomic E-state index is 13.2. The van der Waals surface area contributed by atoms with Gasteiger partial charge in [-0.1, -0.05) is 6.92 Å². The van der Waals surface area contributed by atoms with Crippen LogP contribution in [0.25, 0.3) is 0 Å². The molecule has 2 N–H and O–H groups in total. The molecule has 3 fully saturated rings. The molecule has 0 aromatic rings. The van der Waals surface area contributed by atoms with E-state index in [0.717, 1.165) is 38.6 Å². The molecule has 3 aliphatic rings. The third-order valence-corrected chi connectivity index (χ3v) is 6.96. The minimum atomic E-state index is -0.330. The Bertz CT molecular complexity index is 526. The Morgan fingerprint density at radius 2 is 2.04 bits per heavy atom. The molecule has 0 spiro atoms. The molecule has 7 unspecified atom stereocenters. The highest BCUT2D eigenvalue weighted by Crippen LogP contribution is 2.43. The van der Waals surface area contributed by atoms with E-state index in [9.17, 15) is 9.59 Å². The summed E-state index contributed by atoms with van der Waals surface area (Å²) >= 11 is 0. The normalized spacial score (nSPS) is 40.7. The van der Waals surface area contributed by atoms with Crippen molar-refractivity contribution in [1.29, 1.82) is 0 Å². The van der Waals surface area contributed by atoms with Crippen LogP contribution in [0.3, 0.4) is 0 Å². The van der Waals surface area contributed by atoms with Crippen molar-refractivity contribution in [3.8, 4) is 0 Å². The van der Waals surface area contributed by atoms with Crippen LogP contribution >= 0.6 is 0 Å². The predicted octanol–water partition coefficient (Wildman–Crippen LogP) is 2.38. The van der Waals surface area contributed by atoms with Crippen molar-refractivity contribution in [2.24, 2.45) is 23.7 Å². The molecular weight excluding hydrogens is 330 g/mol. The fourth-order valence-electron chi connectivity index (χ4n) is 5.44. The van der Waals surface area contributed by atoms with Gasteiger partial charge in [0.15, 0.2) is 0 Å². The number of nitrogens with zero attached hydrogens (tertiary/aromatic N) is 1. The van der Waals surface area contributed by atoms with Gasteiger partial charge in [0.25, 0.3) is 0 Å². The lowest BCUT2D eigenvalue weighted by molar-refractivity contribution is -0.148. The zero-order valence-electron chi connectivity index (χ0n) is 16.7. The Kier molecular flexibility index (Phi) is 6.10. The number of ether oxygens (including phenoxy) is 1. The summed E-state index contributed by atoms with van der Waals surface area (Å²) in [6.45, 7) is 7.68. The standard InChI is InChI=1S/C20H35N3O3/c1-5-26-20(25)22-15-7-6-12(2)16(10-15)17-9-14-11-21-13(3)8-18(14)23(4)19(17)24/h12-18,21H,5-11H2,1-4H3,(H,22,25). The molecule has 3 rings (SSSR count). The third-order valence-electron chi connectivity index (χ3n) is 6.96. The van der Waals surface area contributed by atoms with E-state index in [-0.39, 0.29) is 18.1 Å². The average Bonchev–Trinajstić information content (AvgIpc) is 2.60. The second-order valence-electron chi connectivity index (χ2n) is 8.68. The summed E-state index contributed by atoms with van der Waals surface area (Å²) in [4.78, 5) is 27.0. The molecule has 2 heterocycles. The lowest BCUT2D eigenvalue weighted by atomic mass is 9.65. The Morgan fingerprint density at radius 1 is 1.27 bits per heavy atom. The number of hydrogen-bond acceptors (Lipinski definition) is 4. The van der Waals surface area contributed by atoms with Gasteiger partial charge < -0.3 is 20.3 Å². The lowest BCUT2D eigenvalue weighted by Gasteiger charge is -2.50. The van der Waals surface area contributed by atoms with Crippen LogP contribution in [-0.4, -0.2) is 55.2 Å². The van der Waals surface area contributed by atoms with Crippen LogP contribution in [0.2, 0.25) is 0 Å². The van der Waals surface area contributed by atoms with Crippen molar-refractivity contribution in [1.82, 2.24) is 15.5 Å². The third kappa shape index (κ3) is 4.00. The highest BCUT2D eigenvalue weighted by atomic mass is 16.5. The Morgan fingerprint density at radius 3 is 2.77 bits per heavy atom. The van der Waals surface area contributed by atoms with Crippen LogP contribution in [0.5, 0.6) is 0 Å². The zero-order valence-corrected chi connectivity index (χ0v) is 16.7. The molecule has 0 aromatic heterocycles. The molecule has 0 radical (unpaired) electrons. The van der Waals surface area contributed by atoms with Gasteiger partial charge in [-0.2, -0.15) is 0 Å². The quantitative estimate of drug-likeness (QED) is 0.806. The molecule has 2 aliphatic heterocycles. The highest BCUT2D eigenvalue weighted by Gasteiger charge is 2.47. The summed E-state index contributed by atoms with van der Waals surface area (Å²) < 4.78 is 5.04. The molecule has 1 saturated carbocycles. The summed E-state index contributed by atoms with van der Waals surface area (Å²) in [5.41, 5.74) is 0. The first kappa shape index (κ1) is 19.5. The Hall–Kier alpha value is -1.30. The maximum absolute atomic E-state index is 13.2. The van der Waals surface area contributed by atoms with E-state index in [2.05, 4.69) is 24.5 Å². The second kappa shape index (κ2) is 8.15. The van der Waals surface area contributed by atoms with Crippen molar-refractivity contribution in [2.75, 3.05) is 20.2 Å². The van der Waals surface area contributed by atoms with Crippen molar-refractivity contribution in [3.63, 3.8) is 0 Å². The smallest absolute Gasteiger partial charge is 0.407 e. The molecular formula is C20H35N3O3. The molecule has 148 valence electrons. The van der Waals surface area contributed by atoms with Gasteiger partial charge in [-0.15, -0.1) is 0 Å². The summed E-state index contributed by atoms with van der Waals surface area (Å²) in [5.74, 6) is 1.80. The van der Waals surface area contributed by atoms with Crippen LogP contribution in [0.4, 0.5) is 4.79 Å². The predicted molar refractivity (Wildman–Crippen MR) is 101 cm³/mol. The van der Waals surface area contributed by atoms with Crippen molar-refractivity contribution < 1.29 is 14.3 Å². The number of piperidine rings is 2. The van der Waals surface area contributed by atoms with Crippen LogP contribution in [-0.2, 0) is 9.53 Å². The highest BCUT2D eigenvalue weighted by molar-refractivity contribution is 5.80. The Balaban J connectivity index is 1.68. The number of carbonyl (C=O) groups is 2. The average molecular weight is 366 g/mol. The van der Waals surface area contributed by atoms with Gasteiger partial charge >= 0.3 is 6.09 Å². The molecule has 0 aromatic carbocycles. The molecule has 26 heavy (non-hydrogen) atoms. The first-order valence-electron chi connectivity index (χ1n) is 10.3. The monoisotopic (exact) mass is 365 g/mol. The van der Waals surface area contributed by atoms with Gasteiger partial charge in [0.05, 0.1) is 6.61 Å². The summed E-state index contributed by atoms with van der Waals surface area (Å²) in [5, 5.41) is 6.59. The van der Waals surface area contributed by atoms with E-state index in [1.54, 1.807) is 0 Å². The van der Waals surface area contributed by atoms with Crippen LogP contribution in [0.1, 0.15) is 52.9 Å². The number of nitrogens with one attached hydrogen (secondary N) is 2. The van der Waals surface area contributed by atoms with Gasteiger partial charge in [-0.05, 0) is 63.7 Å². The van der Waals surface area contributed by atoms with Crippen molar-refractivity contribution in [2.45, 2.75) is 71.0 Å². The molecule has 0 bridgehead atoms. The molecule has 6 heteroatoms. The van der Waals surface area contributed by atoms with E-state index in [1.807, 2.05) is 18.9 Å². The number of hydrogen-bond donors (Lipinski definition) is 2. The minimum absolute atomic E-state index is 0.0817. The van der Waals surface area contributed by atoms with Gasteiger partial charge in [0.1, 0.15) is 0 Å². The first-order chi connectivity index (χ1) is 12.4. The van der Waals surface area contributed by atoms with Gasteiger partial charge in [0, 0.05) is 37.6 Å². The number of alkyl carbamates (subject to hydrolysis) is 1. The minimum Gasteiger partial charge on any atom is -0.450 e. The lowest BCUT2D eigenvalue weighted by Crippen LogP contribution is -2.60. The molecule has 6 nitrogen and oxygen atoms in total. The fraction of sp³-hybridized carbons (Fsp3) is 0.900. The number of rotatable bonds is 3. The topological polar surface area (TPSA) is 70.7 Å². The van der Waals surface area contributed by atoms with E-state index in [0.29, 0.717) is 42.4 Å². The molecule has 2 amide bonds. The molecule has 2 saturated heterocycles. The van der Waals surface area contributed by atoms with Crippen LogP contribution in [0, 0.1) is 23.7 Å².